The van der Waals surface area contributed by atoms with Crippen molar-refractivity contribution in [2.24, 2.45) is 0 Å². The molecule has 14 heavy (non-hydrogen) atoms. The maximum atomic E-state index is 13.3. The molecule has 4 heteroatoms. The van der Waals surface area contributed by atoms with Gasteiger partial charge in [0, 0.05) is 9.77 Å². The molecule has 1 rings (SSSR count). The summed E-state index contributed by atoms with van der Waals surface area (Å²) in [5.41, 5.74) is 0. The van der Waals surface area contributed by atoms with Gasteiger partial charge in [-0.1, -0.05) is 6.08 Å². The summed E-state index contributed by atoms with van der Waals surface area (Å²) in [5, 5.41) is 0.724. The molecule has 0 radical (unpaired) electrons. The van der Waals surface area contributed by atoms with E-state index < -0.39 is 12.0 Å². The maximum Gasteiger partial charge on any atom is 0.160 e. The number of hydrogen-bond acceptors (Lipinski definition) is 1. The second kappa shape index (κ2) is 4.82. The van der Waals surface area contributed by atoms with Gasteiger partial charge in [0.05, 0.1) is 0 Å². The Hall–Kier alpha value is -0.520. The molecule has 1 unspecified atom stereocenters. The van der Waals surface area contributed by atoms with Gasteiger partial charge in [0.25, 0.3) is 0 Å². The summed E-state index contributed by atoms with van der Waals surface area (Å²) in [4.78, 5) is 3.88. The van der Waals surface area contributed by atoms with Gasteiger partial charge in [0.15, 0.2) is 12.0 Å². The highest BCUT2D eigenvalue weighted by Gasteiger charge is 2.08. The molecule has 0 amide bonds. The lowest BCUT2D eigenvalue weighted by Gasteiger charge is -1.98. The van der Waals surface area contributed by atoms with Gasteiger partial charge in [-0.3, -0.25) is 4.98 Å². The van der Waals surface area contributed by atoms with Crippen molar-refractivity contribution < 1.29 is 8.78 Å². The second-order valence-electron chi connectivity index (χ2n) is 2.84. The molecule has 0 N–H and O–H groups in total. The molecule has 1 aromatic rings. The molecule has 0 spiro atoms. The van der Waals surface area contributed by atoms with Crippen LogP contribution in [0, 0.1) is 3.57 Å². The van der Waals surface area contributed by atoms with Crippen molar-refractivity contribution in [1.29, 1.82) is 0 Å². The number of nitrogens with zero attached hydrogens (tertiary/aromatic N) is 1. The van der Waals surface area contributed by atoms with Crippen molar-refractivity contribution in [3.63, 3.8) is 0 Å². The Labute approximate surface area is 94.7 Å². The minimum Gasteiger partial charge on any atom is -0.252 e. The van der Waals surface area contributed by atoms with Crippen molar-refractivity contribution >= 4 is 34.5 Å². The topological polar surface area (TPSA) is 12.9 Å². The molecule has 0 aliphatic carbocycles. The van der Waals surface area contributed by atoms with Crippen LogP contribution in [0.1, 0.15) is 13.8 Å². The van der Waals surface area contributed by atoms with Gasteiger partial charge in [0.2, 0.25) is 0 Å². The van der Waals surface area contributed by atoms with E-state index in [4.69, 9.17) is 0 Å². The van der Waals surface area contributed by atoms with Crippen molar-refractivity contribution in [3.8, 4) is 0 Å². The van der Waals surface area contributed by atoms with Crippen molar-refractivity contribution in [2.45, 2.75) is 20.0 Å². The van der Waals surface area contributed by atoms with Crippen LogP contribution in [-0.2, 0) is 0 Å². The fourth-order valence-electron chi connectivity index (χ4n) is 1.06. The molecule has 0 fully saturated rings. The van der Waals surface area contributed by atoms with E-state index in [1.165, 1.54) is 6.20 Å². The fourth-order valence-corrected chi connectivity index (χ4v) is 1.54. The Bertz CT molecular complexity index is 440. The van der Waals surface area contributed by atoms with Crippen LogP contribution < -0.4 is 10.6 Å². The Morgan fingerprint density at radius 3 is 2.79 bits per heavy atom. The number of halogens is 3. The summed E-state index contributed by atoms with van der Waals surface area (Å²) in [5.74, 6) is -0.811. The van der Waals surface area contributed by atoms with Crippen LogP contribution in [0.25, 0.3) is 11.9 Å². The zero-order valence-corrected chi connectivity index (χ0v) is 10.0. The van der Waals surface area contributed by atoms with Crippen molar-refractivity contribution in [2.75, 3.05) is 0 Å². The average Bonchev–Trinajstić information content (AvgIpc) is 2.16. The number of rotatable bonds is 1. The van der Waals surface area contributed by atoms with Crippen LogP contribution >= 0.6 is 22.6 Å². The summed E-state index contributed by atoms with van der Waals surface area (Å²) < 4.78 is 26.9. The summed E-state index contributed by atoms with van der Waals surface area (Å²) in [6.45, 7) is 2.93. The van der Waals surface area contributed by atoms with E-state index in [0.717, 1.165) is 10.5 Å². The second-order valence-corrected chi connectivity index (χ2v) is 4.09. The van der Waals surface area contributed by atoms with Gasteiger partial charge in [0.1, 0.15) is 5.35 Å². The van der Waals surface area contributed by atoms with E-state index >= 15 is 0 Å². The molecule has 0 saturated carbocycles. The number of aromatic nitrogens is 1. The van der Waals surface area contributed by atoms with Gasteiger partial charge < -0.3 is 0 Å². The first-order valence-electron chi connectivity index (χ1n) is 4.18. The Morgan fingerprint density at radius 1 is 1.64 bits per heavy atom. The van der Waals surface area contributed by atoms with Crippen molar-refractivity contribution in [1.82, 2.24) is 4.98 Å². The van der Waals surface area contributed by atoms with Crippen LogP contribution in [0.3, 0.4) is 0 Å². The molecule has 1 heterocycles. The first-order chi connectivity index (χ1) is 6.56. The van der Waals surface area contributed by atoms with E-state index in [-0.39, 0.29) is 5.35 Å². The third-order valence-electron chi connectivity index (χ3n) is 1.77. The fraction of sp³-hybridized carbons (Fsp3) is 0.300. The third-order valence-corrected chi connectivity index (χ3v) is 2.36. The monoisotopic (exact) mass is 309 g/mol. The average molecular weight is 309 g/mol. The normalized spacial score (nSPS) is 16.8. The first-order valence-corrected chi connectivity index (χ1v) is 5.25. The standard InChI is InChI=1S/C10H10F2IN/c1-3-7-4-8(13)5-14-10(7)9(12)6(2)11/h3-6H,1-2H3/b7-3-,10-9-. The van der Waals surface area contributed by atoms with Gasteiger partial charge in [-0.2, -0.15) is 0 Å². The summed E-state index contributed by atoms with van der Waals surface area (Å²) in [7, 11) is 0. The van der Waals surface area contributed by atoms with Crippen molar-refractivity contribution in [3.05, 3.63) is 26.4 Å². The quantitative estimate of drug-likeness (QED) is 0.722. The SMILES string of the molecule is C/C=c1/cc(I)cn/c1=C(\F)C(C)F. The molecule has 76 valence electrons. The lowest BCUT2D eigenvalue weighted by atomic mass is 10.2. The van der Waals surface area contributed by atoms with E-state index in [1.807, 2.05) is 0 Å². The lowest BCUT2D eigenvalue weighted by Crippen LogP contribution is -2.31. The van der Waals surface area contributed by atoms with Crippen LogP contribution in [0.5, 0.6) is 0 Å². The van der Waals surface area contributed by atoms with E-state index in [9.17, 15) is 8.78 Å². The summed E-state index contributed by atoms with van der Waals surface area (Å²) >= 11 is 2.08. The highest BCUT2D eigenvalue weighted by atomic mass is 127. The lowest BCUT2D eigenvalue weighted by molar-refractivity contribution is 0.400. The molecule has 0 aromatic carbocycles. The predicted octanol–water partition coefficient (Wildman–Crippen LogP) is 1.92. The molecule has 1 aromatic heterocycles. The largest absolute Gasteiger partial charge is 0.252 e. The number of pyridine rings is 1. The molecule has 1 nitrogen and oxygen atoms in total. The Balaban J connectivity index is 3.59. The van der Waals surface area contributed by atoms with Crippen LogP contribution in [0.4, 0.5) is 8.78 Å². The maximum absolute atomic E-state index is 13.3. The van der Waals surface area contributed by atoms with Gasteiger partial charge in [-0.25, -0.2) is 8.78 Å². The highest BCUT2D eigenvalue weighted by Crippen LogP contribution is 2.05. The zero-order chi connectivity index (χ0) is 10.7. The van der Waals surface area contributed by atoms with Gasteiger partial charge >= 0.3 is 0 Å². The molecular weight excluding hydrogens is 299 g/mol. The predicted molar refractivity (Wildman–Crippen MR) is 61.4 cm³/mol. The third kappa shape index (κ3) is 2.50. The molecule has 0 aliphatic rings. The first kappa shape index (κ1) is 11.6. The van der Waals surface area contributed by atoms with E-state index in [0.29, 0.717) is 5.22 Å². The van der Waals surface area contributed by atoms with Crippen LogP contribution in [0.15, 0.2) is 12.3 Å². The van der Waals surface area contributed by atoms with E-state index in [2.05, 4.69) is 27.6 Å². The Kier molecular flexibility index (Phi) is 3.97. The van der Waals surface area contributed by atoms with Gasteiger partial charge in [-0.05, 0) is 47.7 Å². The number of alkyl halides is 1. The van der Waals surface area contributed by atoms with Crippen LogP contribution in [0.2, 0.25) is 0 Å². The molecule has 0 aliphatic heterocycles. The molecule has 0 bridgehead atoms. The molecule has 1 atom stereocenters. The highest BCUT2D eigenvalue weighted by molar-refractivity contribution is 14.1. The molecule has 0 saturated heterocycles. The van der Waals surface area contributed by atoms with Crippen LogP contribution in [-0.4, -0.2) is 11.2 Å². The Morgan fingerprint density at radius 2 is 2.29 bits per heavy atom. The number of hydrogen-bond donors (Lipinski definition) is 0. The molecular formula is C10H10F2IN. The summed E-state index contributed by atoms with van der Waals surface area (Å²) in [6.07, 6.45) is 1.62. The van der Waals surface area contributed by atoms with E-state index in [1.54, 1.807) is 19.1 Å². The van der Waals surface area contributed by atoms with Gasteiger partial charge in [-0.15, -0.1) is 0 Å². The zero-order valence-electron chi connectivity index (χ0n) is 7.89. The minimum atomic E-state index is -1.61. The summed E-state index contributed by atoms with van der Waals surface area (Å²) in [6, 6.07) is 1.77. The minimum absolute atomic E-state index is 0.0999. The smallest absolute Gasteiger partial charge is 0.160 e.